The van der Waals surface area contributed by atoms with Gasteiger partial charge in [0.15, 0.2) is 12.1 Å². The Hall–Kier alpha value is -1.63. The summed E-state index contributed by atoms with van der Waals surface area (Å²) in [5.41, 5.74) is 0. The summed E-state index contributed by atoms with van der Waals surface area (Å²) in [5, 5.41) is 13.3. The fourth-order valence-electron chi connectivity index (χ4n) is 4.78. The maximum Gasteiger partial charge on any atom is 0.331 e. The summed E-state index contributed by atoms with van der Waals surface area (Å²) in [5.74, 6) is -1.80. The Labute approximate surface area is 233 Å². The fraction of sp³-hybridized carbons (Fsp3) is 0.903. The Balaban J connectivity index is 4.36. The highest BCUT2D eigenvalue weighted by Gasteiger charge is 2.32. The summed E-state index contributed by atoms with van der Waals surface area (Å²) in [6.07, 6.45) is 21.0. The predicted molar refractivity (Wildman–Crippen MR) is 154 cm³/mol. The van der Waals surface area contributed by atoms with Gasteiger partial charge in [-0.2, -0.15) is 0 Å². The number of amides is 1. The first-order valence-electron chi connectivity index (χ1n) is 15.6. The van der Waals surface area contributed by atoms with Crippen LogP contribution in [0.3, 0.4) is 0 Å². The Morgan fingerprint density at radius 2 is 1.05 bits per heavy atom. The average Bonchev–Trinajstić information content (AvgIpc) is 2.90. The van der Waals surface area contributed by atoms with Crippen molar-refractivity contribution < 1.29 is 29.0 Å². The van der Waals surface area contributed by atoms with Gasteiger partial charge in [0.25, 0.3) is 5.91 Å². The van der Waals surface area contributed by atoms with Crippen molar-refractivity contribution >= 4 is 17.8 Å². The minimum absolute atomic E-state index is 0.389. The van der Waals surface area contributed by atoms with Gasteiger partial charge >= 0.3 is 11.9 Å². The molecule has 0 fully saturated rings. The first kappa shape index (κ1) is 36.4. The van der Waals surface area contributed by atoms with Crippen LogP contribution in [-0.4, -0.2) is 48.3 Å². The molecule has 0 heterocycles. The SMILES string of the molecule is CCCCCCCCCCCCCCC[C@@H](O)[C@@H](NC(=O)C(CCCCCCCC)OC(C)=O)C(=O)OC. The Morgan fingerprint density at radius 1 is 0.658 bits per heavy atom. The maximum absolute atomic E-state index is 12.9. The van der Waals surface area contributed by atoms with E-state index in [0.717, 1.165) is 51.4 Å². The predicted octanol–water partition coefficient (Wildman–Crippen LogP) is 7.17. The zero-order valence-electron chi connectivity index (χ0n) is 25.1. The molecule has 0 aromatic carbocycles. The third-order valence-corrected chi connectivity index (χ3v) is 7.16. The largest absolute Gasteiger partial charge is 0.467 e. The van der Waals surface area contributed by atoms with E-state index >= 15 is 0 Å². The number of unbranched alkanes of at least 4 members (excludes halogenated alkanes) is 17. The molecule has 0 aromatic heterocycles. The van der Waals surface area contributed by atoms with E-state index < -0.39 is 36.1 Å². The molecule has 7 heteroatoms. The molecule has 0 bridgehead atoms. The molecule has 0 saturated heterocycles. The van der Waals surface area contributed by atoms with E-state index in [1.807, 2.05) is 0 Å². The van der Waals surface area contributed by atoms with Crippen molar-refractivity contribution in [2.45, 2.75) is 174 Å². The summed E-state index contributed by atoms with van der Waals surface area (Å²) in [7, 11) is 1.24. The standard InChI is InChI=1S/C31H59NO6/c1-5-7-9-11-13-14-15-16-17-18-19-20-22-24-27(34)29(31(36)37-4)32-30(35)28(38-26(3)33)25-23-21-12-10-8-6-2/h27-29,34H,5-25H2,1-4H3,(H,32,35)/t27-,28?,29-/m1/s1. The first-order valence-corrected chi connectivity index (χ1v) is 15.6. The molecular formula is C31H59NO6. The molecule has 0 aliphatic rings. The molecule has 1 amide bonds. The lowest BCUT2D eigenvalue weighted by atomic mass is 10.0. The topological polar surface area (TPSA) is 102 Å². The van der Waals surface area contributed by atoms with Crippen LogP contribution in [0.5, 0.6) is 0 Å². The minimum Gasteiger partial charge on any atom is -0.467 e. The van der Waals surface area contributed by atoms with Gasteiger partial charge < -0.3 is 19.9 Å². The van der Waals surface area contributed by atoms with E-state index in [1.165, 1.54) is 84.7 Å². The van der Waals surface area contributed by atoms with Crippen LogP contribution in [0.15, 0.2) is 0 Å². The minimum atomic E-state index is -1.17. The van der Waals surface area contributed by atoms with Crippen LogP contribution in [0.1, 0.15) is 156 Å². The third-order valence-electron chi connectivity index (χ3n) is 7.16. The maximum atomic E-state index is 12.9. The molecule has 0 aliphatic heterocycles. The van der Waals surface area contributed by atoms with Gasteiger partial charge in [0, 0.05) is 6.92 Å². The van der Waals surface area contributed by atoms with Crippen LogP contribution >= 0.6 is 0 Å². The zero-order valence-corrected chi connectivity index (χ0v) is 25.1. The molecule has 0 rings (SSSR count). The van der Waals surface area contributed by atoms with E-state index in [-0.39, 0.29) is 0 Å². The summed E-state index contributed by atoms with van der Waals surface area (Å²) in [6, 6.07) is -1.17. The van der Waals surface area contributed by atoms with Crippen molar-refractivity contribution in [1.29, 1.82) is 0 Å². The van der Waals surface area contributed by atoms with Gasteiger partial charge in [0.1, 0.15) is 0 Å². The van der Waals surface area contributed by atoms with Crippen molar-refractivity contribution in [3.05, 3.63) is 0 Å². The van der Waals surface area contributed by atoms with Crippen molar-refractivity contribution in [2.24, 2.45) is 0 Å². The summed E-state index contributed by atoms with van der Waals surface area (Å²) < 4.78 is 10.1. The molecule has 0 radical (unpaired) electrons. The van der Waals surface area contributed by atoms with E-state index in [9.17, 15) is 19.5 Å². The highest BCUT2D eigenvalue weighted by Crippen LogP contribution is 2.16. The zero-order chi connectivity index (χ0) is 28.4. The van der Waals surface area contributed by atoms with E-state index in [2.05, 4.69) is 19.2 Å². The lowest BCUT2D eigenvalue weighted by Gasteiger charge is -2.24. The van der Waals surface area contributed by atoms with Crippen LogP contribution in [-0.2, 0) is 23.9 Å². The quantitative estimate of drug-likeness (QED) is 0.0889. The molecule has 38 heavy (non-hydrogen) atoms. The Bertz CT molecular complexity index is 597. The number of hydrogen-bond donors (Lipinski definition) is 2. The van der Waals surface area contributed by atoms with Crippen LogP contribution in [0.4, 0.5) is 0 Å². The number of carbonyl (C=O) groups excluding carboxylic acids is 3. The van der Waals surface area contributed by atoms with Gasteiger partial charge in [-0.3, -0.25) is 9.59 Å². The summed E-state index contributed by atoms with van der Waals surface area (Å²) in [4.78, 5) is 36.7. The molecule has 0 aromatic rings. The van der Waals surface area contributed by atoms with Crippen molar-refractivity contribution in [3.8, 4) is 0 Å². The van der Waals surface area contributed by atoms with Crippen molar-refractivity contribution in [2.75, 3.05) is 7.11 Å². The smallest absolute Gasteiger partial charge is 0.331 e. The Morgan fingerprint density at radius 3 is 1.45 bits per heavy atom. The van der Waals surface area contributed by atoms with E-state index in [0.29, 0.717) is 12.8 Å². The van der Waals surface area contributed by atoms with E-state index in [1.54, 1.807) is 0 Å². The number of carbonyl (C=O) groups is 3. The molecular weight excluding hydrogens is 482 g/mol. The number of rotatable bonds is 26. The van der Waals surface area contributed by atoms with Crippen LogP contribution in [0.25, 0.3) is 0 Å². The van der Waals surface area contributed by atoms with Crippen molar-refractivity contribution in [3.63, 3.8) is 0 Å². The molecule has 0 aliphatic carbocycles. The van der Waals surface area contributed by atoms with Crippen molar-refractivity contribution in [1.82, 2.24) is 5.32 Å². The van der Waals surface area contributed by atoms with Crippen LogP contribution < -0.4 is 5.32 Å². The monoisotopic (exact) mass is 541 g/mol. The van der Waals surface area contributed by atoms with Gasteiger partial charge in [-0.05, 0) is 19.3 Å². The lowest BCUT2D eigenvalue weighted by Crippen LogP contribution is -2.52. The Kier molecular flexibility index (Phi) is 24.5. The summed E-state index contributed by atoms with van der Waals surface area (Å²) >= 11 is 0. The fourth-order valence-corrected chi connectivity index (χ4v) is 4.78. The number of ether oxygens (including phenoxy) is 2. The molecule has 7 nitrogen and oxygen atoms in total. The first-order chi connectivity index (χ1) is 18.4. The molecule has 2 N–H and O–H groups in total. The molecule has 0 saturated carbocycles. The average molecular weight is 542 g/mol. The second kappa shape index (κ2) is 25.6. The second-order valence-corrected chi connectivity index (χ2v) is 10.8. The molecule has 3 atom stereocenters. The number of hydrogen-bond acceptors (Lipinski definition) is 6. The van der Waals surface area contributed by atoms with Crippen LogP contribution in [0.2, 0.25) is 0 Å². The number of aliphatic hydroxyl groups is 1. The summed E-state index contributed by atoms with van der Waals surface area (Å²) in [6.45, 7) is 5.67. The number of aliphatic hydroxyl groups excluding tert-OH is 1. The van der Waals surface area contributed by atoms with Gasteiger partial charge in [-0.15, -0.1) is 0 Å². The normalized spacial score (nSPS) is 13.5. The van der Waals surface area contributed by atoms with Gasteiger partial charge in [0.2, 0.25) is 0 Å². The number of esters is 2. The third kappa shape index (κ3) is 20.3. The molecule has 224 valence electrons. The number of nitrogens with one attached hydrogen (secondary N) is 1. The van der Waals surface area contributed by atoms with E-state index in [4.69, 9.17) is 9.47 Å². The highest BCUT2D eigenvalue weighted by molar-refractivity contribution is 5.88. The number of methoxy groups -OCH3 is 1. The highest BCUT2D eigenvalue weighted by atomic mass is 16.5. The second-order valence-electron chi connectivity index (χ2n) is 10.8. The van der Waals surface area contributed by atoms with Gasteiger partial charge in [-0.1, -0.05) is 129 Å². The lowest BCUT2D eigenvalue weighted by molar-refractivity contribution is -0.157. The molecule has 1 unspecified atom stereocenters. The molecule has 0 spiro atoms. The van der Waals surface area contributed by atoms with Gasteiger partial charge in [-0.25, -0.2) is 4.79 Å². The van der Waals surface area contributed by atoms with Crippen LogP contribution in [0, 0.1) is 0 Å². The van der Waals surface area contributed by atoms with Gasteiger partial charge in [0.05, 0.1) is 13.2 Å².